The number of thioether (sulfide) groups is 1. The molecule has 0 radical (unpaired) electrons. The summed E-state index contributed by atoms with van der Waals surface area (Å²) in [5, 5.41) is 19.7. The van der Waals surface area contributed by atoms with E-state index < -0.39 is 10.2 Å². The van der Waals surface area contributed by atoms with Gasteiger partial charge in [0.15, 0.2) is 0 Å². The average molecular weight is 543 g/mol. The van der Waals surface area contributed by atoms with Gasteiger partial charge in [-0.25, -0.2) is 4.72 Å². The summed E-state index contributed by atoms with van der Waals surface area (Å²) >= 11 is 1.60. The van der Waals surface area contributed by atoms with E-state index in [1.807, 2.05) is 13.8 Å². The second-order valence-electron chi connectivity index (χ2n) is 11.3. The molecule has 4 N–H and O–H groups in total. The van der Waals surface area contributed by atoms with Crippen molar-refractivity contribution >= 4 is 27.9 Å². The van der Waals surface area contributed by atoms with E-state index in [-0.39, 0.29) is 58.4 Å². The lowest BCUT2D eigenvalue weighted by atomic mass is 9.66. The number of rotatable bonds is 8. The van der Waals surface area contributed by atoms with Crippen LogP contribution in [0.4, 0.5) is 0 Å². The van der Waals surface area contributed by atoms with E-state index in [4.69, 9.17) is 4.74 Å². The Labute approximate surface area is 220 Å². The Kier molecular flexibility index (Phi) is 9.24. The van der Waals surface area contributed by atoms with Crippen molar-refractivity contribution in [3.05, 3.63) is 0 Å². The molecule has 9 atom stereocenters. The first-order chi connectivity index (χ1) is 17.1. The van der Waals surface area contributed by atoms with Gasteiger partial charge in [0.1, 0.15) is 5.50 Å². The molecule has 3 heterocycles. The summed E-state index contributed by atoms with van der Waals surface area (Å²) in [6.07, 6.45) is 3.46. The molecule has 10 nitrogen and oxygen atoms in total. The molecule has 9 unspecified atom stereocenters. The molecular formula is C24H42N6O4S2. The van der Waals surface area contributed by atoms with Crippen LogP contribution in [-0.4, -0.2) is 80.9 Å². The number of hydrogen-bond donors (Lipinski definition) is 4. The Bertz CT molecular complexity index is 914. The third kappa shape index (κ3) is 6.37. The molecule has 4 rings (SSSR count). The second-order valence-corrected chi connectivity index (χ2v) is 14.4. The second kappa shape index (κ2) is 11.8. The van der Waals surface area contributed by atoms with E-state index in [0.29, 0.717) is 32.2 Å². The Morgan fingerprint density at radius 2 is 2.03 bits per heavy atom. The van der Waals surface area contributed by atoms with Crippen LogP contribution < -0.4 is 20.7 Å². The molecule has 36 heavy (non-hydrogen) atoms. The number of carbonyl (C=O) groups is 1. The molecule has 4 fully saturated rings. The fourth-order valence-electron chi connectivity index (χ4n) is 6.25. The first kappa shape index (κ1) is 28.1. The molecule has 1 amide bonds. The minimum absolute atomic E-state index is 0.00354. The Morgan fingerprint density at radius 3 is 2.69 bits per heavy atom. The maximum absolute atomic E-state index is 13.5. The van der Waals surface area contributed by atoms with Crippen LogP contribution in [0.15, 0.2) is 0 Å². The van der Waals surface area contributed by atoms with Gasteiger partial charge in [-0.05, 0) is 50.4 Å². The lowest BCUT2D eigenvalue weighted by Crippen LogP contribution is -2.55. The lowest BCUT2D eigenvalue weighted by Gasteiger charge is -2.44. The van der Waals surface area contributed by atoms with Gasteiger partial charge >= 0.3 is 0 Å². The predicted octanol–water partition coefficient (Wildman–Crippen LogP) is 0.835. The van der Waals surface area contributed by atoms with E-state index in [2.05, 4.69) is 33.7 Å². The molecule has 12 heteroatoms. The minimum Gasteiger partial charge on any atom is -0.381 e. The van der Waals surface area contributed by atoms with Gasteiger partial charge in [-0.1, -0.05) is 13.8 Å². The molecule has 0 bridgehead atoms. The molecule has 3 aliphatic heterocycles. The summed E-state index contributed by atoms with van der Waals surface area (Å²) in [6.45, 7) is 7.96. The van der Waals surface area contributed by atoms with E-state index >= 15 is 0 Å². The van der Waals surface area contributed by atoms with Gasteiger partial charge in [-0.2, -0.15) is 18.0 Å². The van der Waals surface area contributed by atoms with Crippen LogP contribution in [0.1, 0.15) is 46.5 Å². The van der Waals surface area contributed by atoms with Crippen LogP contribution in [0.25, 0.3) is 0 Å². The molecular weight excluding hydrogens is 500 g/mol. The summed E-state index contributed by atoms with van der Waals surface area (Å²) < 4.78 is 35.2. The van der Waals surface area contributed by atoms with Crippen LogP contribution in [0.5, 0.6) is 0 Å². The van der Waals surface area contributed by atoms with Crippen molar-refractivity contribution in [1.29, 1.82) is 5.26 Å². The SMILES string of the molecule is COC1CCC(C#N)CC1C1CC(C)NCC1C(=O)NC1NC2CN(S(=O)(=O)NCC(C)C)CC2S1. The van der Waals surface area contributed by atoms with Crippen molar-refractivity contribution in [3.8, 4) is 6.07 Å². The number of carbonyl (C=O) groups excluding carboxylic acids is 1. The molecule has 0 aromatic carbocycles. The van der Waals surface area contributed by atoms with Crippen molar-refractivity contribution in [1.82, 2.24) is 25.0 Å². The van der Waals surface area contributed by atoms with Crippen molar-refractivity contribution in [2.24, 2.45) is 29.6 Å². The zero-order valence-corrected chi connectivity index (χ0v) is 23.4. The highest BCUT2D eigenvalue weighted by atomic mass is 32.2. The quantitative estimate of drug-likeness (QED) is 0.354. The summed E-state index contributed by atoms with van der Waals surface area (Å²) in [6, 6.07) is 2.76. The number of ether oxygens (including phenoxy) is 1. The first-order valence-corrected chi connectivity index (χ1v) is 15.6. The standard InChI is InChI=1S/C24H42N6O4S2/c1-14(2)10-27-36(32,33)30-12-20-22(13-30)35-24(28-20)29-23(31)19-11-26-15(3)7-17(19)18-8-16(9-25)5-6-21(18)34-4/h14-22,24,26-28H,5-8,10-13H2,1-4H3,(H,29,31). The highest BCUT2D eigenvalue weighted by Gasteiger charge is 2.47. The Hall–Kier alpha value is -0.940. The van der Waals surface area contributed by atoms with Gasteiger partial charge in [0.2, 0.25) is 5.91 Å². The zero-order valence-electron chi connectivity index (χ0n) is 21.8. The smallest absolute Gasteiger partial charge is 0.279 e. The van der Waals surface area contributed by atoms with Gasteiger partial charge in [0.25, 0.3) is 10.2 Å². The normalized spacial score (nSPS) is 39.6. The topological polar surface area (TPSA) is 136 Å². The molecule has 0 aromatic heterocycles. The summed E-state index contributed by atoms with van der Waals surface area (Å²) in [5.74, 6) is 0.433. The molecule has 4 aliphatic rings. The van der Waals surface area contributed by atoms with Gasteiger partial charge in [0, 0.05) is 56.5 Å². The number of nitriles is 1. The summed E-state index contributed by atoms with van der Waals surface area (Å²) in [7, 11) is -1.76. The molecule has 0 spiro atoms. The maximum Gasteiger partial charge on any atom is 0.279 e. The average Bonchev–Trinajstić information content (AvgIpc) is 3.41. The number of fused-ring (bicyclic) bond motifs is 1. The van der Waals surface area contributed by atoms with Crippen molar-refractivity contribution in [2.75, 3.05) is 33.3 Å². The first-order valence-electron chi connectivity index (χ1n) is 13.2. The van der Waals surface area contributed by atoms with Crippen LogP contribution in [0.3, 0.4) is 0 Å². The fourth-order valence-corrected chi connectivity index (χ4v) is 9.19. The van der Waals surface area contributed by atoms with Crippen LogP contribution >= 0.6 is 11.8 Å². The molecule has 1 saturated carbocycles. The van der Waals surface area contributed by atoms with Crippen molar-refractivity contribution in [3.63, 3.8) is 0 Å². The number of methoxy groups -OCH3 is 1. The van der Waals surface area contributed by atoms with E-state index in [1.54, 1.807) is 18.9 Å². The fraction of sp³-hybridized carbons (Fsp3) is 0.917. The maximum atomic E-state index is 13.5. The van der Waals surface area contributed by atoms with Crippen molar-refractivity contribution in [2.45, 2.75) is 75.4 Å². The predicted molar refractivity (Wildman–Crippen MR) is 140 cm³/mol. The number of nitrogens with zero attached hydrogens (tertiary/aromatic N) is 2. The summed E-state index contributed by atoms with van der Waals surface area (Å²) in [4.78, 5) is 13.5. The van der Waals surface area contributed by atoms with Crippen molar-refractivity contribution < 1.29 is 17.9 Å². The summed E-state index contributed by atoms with van der Waals surface area (Å²) in [5.41, 5.74) is -0.239. The third-order valence-electron chi connectivity index (χ3n) is 8.23. The molecule has 204 valence electrons. The van der Waals surface area contributed by atoms with Crippen LogP contribution in [0, 0.1) is 40.9 Å². The Balaban J connectivity index is 1.35. The number of amides is 1. The van der Waals surface area contributed by atoms with E-state index in [9.17, 15) is 18.5 Å². The molecule has 0 aromatic rings. The Morgan fingerprint density at radius 1 is 1.25 bits per heavy atom. The number of piperidine rings is 1. The van der Waals surface area contributed by atoms with Gasteiger partial charge in [-0.3, -0.25) is 10.1 Å². The lowest BCUT2D eigenvalue weighted by molar-refractivity contribution is -0.131. The molecule has 3 saturated heterocycles. The number of nitrogens with one attached hydrogen (secondary N) is 4. The van der Waals surface area contributed by atoms with Gasteiger partial charge in [0.05, 0.1) is 18.1 Å². The van der Waals surface area contributed by atoms with Gasteiger partial charge < -0.3 is 15.4 Å². The van der Waals surface area contributed by atoms with Gasteiger partial charge in [-0.15, -0.1) is 11.8 Å². The molecule has 1 aliphatic carbocycles. The zero-order chi connectivity index (χ0) is 26.0. The van der Waals surface area contributed by atoms with Crippen LogP contribution in [0.2, 0.25) is 0 Å². The highest BCUT2D eigenvalue weighted by molar-refractivity contribution is 8.00. The largest absolute Gasteiger partial charge is 0.381 e. The monoisotopic (exact) mass is 542 g/mol. The van der Waals surface area contributed by atoms with E-state index in [0.717, 1.165) is 25.7 Å². The minimum atomic E-state index is -3.49. The van der Waals surface area contributed by atoms with E-state index in [1.165, 1.54) is 4.31 Å². The van der Waals surface area contributed by atoms with Crippen LogP contribution in [-0.2, 0) is 19.7 Å². The highest BCUT2D eigenvalue weighted by Crippen LogP contribution is 2.42. The third-order valence-corrected chi connectivity index (χ3v) is 11.1. The number of hydrogen-bond acceptors (Lipinski definition) is 8.